The van der Waals surface area contributed by atoms with Gasteiger partial charge in [-0.05, 0) is 55.2 Å². The lowest BCUT2D eigenvalue weighted by atomic mass is 9.81. The van der Waals surface area contributed by atoms with Crippen molar-refractivity contribution in [3.05, 3.63) is 64.5 Å². The summed E-state index contributed by atoms with van der Waals surface area (Å²) in [6.45, 7) is 3.24. The van der Waals surface area contributed by atoms with Crippen LogP contribution in [0, 0.1) is 11.7 Å². The number of halogens is 1. The van der Waals surface area contributed by atoms with Gasteiger partial charge in [0.05, 0.1) is 5.56 Å². The number of rotatable bonds is 4. The van der Waals surface area contributed by atoms with Crippen LogP contribution in [0.4, 0.5) is 10.1 Å². The molecule has 0 bridgehead atoms. The van der Waals surface area contributed by atoms with Crippen LogP contribution < -0.4 is 11.1 Å². The van der Waals surface area contributed by atoms with Crippen LogP contribution in [-0.2, 0) is 11.2 Å². The Morgan fingerprint density at radius 3 is 2.66 bits per heavy atom. The molecule has 3 N–H and O–H groups in total. The average molecular weight is 395 g/mol. The Morgan fingerprint density at radius 2 is 2.00 bits per heavy atom. The third kappa shape index (κ3) is 4.39. The lowest BCUT2D eigenvalue weighted by molar-refractivity contribution is -0.115. The molecule has 0 fully saturated rings. The van der Waals surface area contributed by atoms with Gasteiger partial charge in [0.2, 0.25) is 5.91 Å². The van der Waals surface area contributed by atoms with Crippen molar-refractivity contribution in [1.29, 1.82) is 0 Å². The van der Waals surface area contributed by atoms with Crippen LogP contribution in [0.1, 0.15) is 58.5 Å². The van der Waals surface area contributed by atoms with Gasteiger partial charge in [-0.1, -0.05) is 13.0 Å². The summed E-state index contributed by atoms with van der Waals surface area (Å²) in [4.78, 5) is 39.5. The minimum atomic E-state index is -0.777. The maximum absolute atomic E-state index is 14.4. The average Bonchev–Trinajstić information content (AvgIpc) is 2.67. The predicted octanol–water partition coefficient (Wildman–Crippen LogP) is 3.48. The molecular formula is C22H22FN3O3. The first kappa shape index (κ1) is 20.4. The van der Waals surface area contributed by atoms with E-state index in [0.29, 0.717) is 11.3 Å². The highest BCUT2D eigenvalue weighted by Gasteiger charge is 2.26. The molecule has 6 nitrogen and oxygen atoms in total. The predicted molar refractivity (Wildman–Crippen MR) is 109 cm³/mol. The first-order chi connectivity index (χ1) is 13.8. The zero-order valence-corrected chi connectivity index (χ0v) is 16.3. The maximum Gasteiger partial charge on any atom is 0.258 e. The van der Waals surface area contributed by atoms with E-state index in [0.717, 1.165) is 30.9 Å². The van der Waals surface area contributed by atoms with Crippen molar-refractivity contribution in [1.82, 2.24) is 0 Å². The molecule has 0 saturated heterocycles. The number of nitrogens with one attached hydrogen (secondary N) is 1. The van der Waals surface area contributed by atoms with Crippen LogP contribution >= 0.6 is 0 Å². The molecule has 0 aromatic heterocycles. The number of hydrogen-bond acceptors (Lipinski definition) is 3. The number of aryl methyl sites for hydroxylation is 1. The first-order valence-electron chi connectivity index (χ1n) is 9.43. The van der Waals surface area contributed by atoms with Crippen molar-refractivity contribution in [3.63, 3.8) is 0 Å². The van der Waals surface area contributed by atoms with E-state index in [9.17, 15) is 18.8 Å². The first-order valence-corrected chi connectivity index (χ1v) is 9.43. The van der Waals surface area contributed by atoms with Gasteiger partial charge in [-0.25, -0.2) is 4.39 Å². The minimum absolute atomic E-state index is 0.0505. The van der Waals surface area contributed by atoms with Crippen LogP contribution in [0.3, 0.4) is 0 Å². The van der Waals surface area contributed by atoms with Gasteiger partial charge in [0, 0.05) is 29.7 Å². The molecule has 2 aromatic rings. The van der Waals surface area contributed by atoms with E-state index in [-0.39, 0.29) is 28.7 Å². The van der Waals surface area contributed by atoms with Gasteiger partial charge >= 0.3 is 0 Å². The van der Waals surface area contributed by atoms with E-state index in [2.05, 4.69) is 10.3 Å². The van der Waals surface area contributed by atoms with Crippen LogP contribution in [0.25, 0.3) is 0 Å². The van der Waals surface area contributed by atoms with E-state index in [4.69, 9.17) is 5.73 Å². The van der Waals surface area contributed by atoms with Crippen molar-refractivity contribution < 1.29 is 18.8 Å². The molecule has 1 unspecified atom stereocenters. The monoisotopic (exact) mass is 395 g/mol. The summed E-state index contributed by atoms with van der Waals surface area (Å²) < 4.78 is 14.4. The summed E-state index contributed by atoms with van der Waals surface area (Å²) in [5, 5.41) is 2.66. The van der Waals surface area contributed by atoms with Crippen molar-refractivity contribution in [2.24, 2.45) is 16.6 Å². The van der Waals surface area contributed by atoms with Crippen LogP contribution in [-0.4, -0.2) is 23.4 Å². The fourth-order valence-electron chi connectivity index (χ4n) is 3.48. The Balaban J connectivity index is 1.79. The lowest BCUT2D eigenvalue weighted by Gasteiger charge is -2.22. The third-order valence-corrected chi connectivity index (χ3v) is 5.04. The highest BCUT2D eigenvalue weighted by atomic mass is 19.1. The number of aliphatic imine (C=N–C) groups is 1. The number of amidine groups is 1. The molecule has 2 amide bonds. The number of fused-ring (bicyclic) bond motifs is 1. The van der Waals surface area contributed by atoms with Gasteiger partial charge < -0.3 is 11.1 Å². The highest BCUT2D eigenvalue weighted by molar-refractivity contribution is 6.07. The Labute approximate surface area is 168 Å². The number of anilines is 1. The Bertz CT molecular complexity index is 1030. The molecular weight excluding hydrogens is 373 g/mol. The highest BCUT2D eigenvalue weighted by Crippen LogP contribution is 2.29. The summed E-state index contributed by atoms with van der Waals surface area (Å²) in [5.74, 6) is -1.83. The SMILES string of the molecule is CCC1CCc2cc(NC(=O)c3ccc(C(N)=NC(C)=O)cc3F)ccc2C1=O. The van der Waals surface area contributed by atoms with Gasteiger partial charge in [-0.15, -0.1) is 0 Å². The molecule has 1 atom stereocenters. The van der Waals surface area contributed by atoms with Crippen LogP contribution in [0.5, 0.6) is 0 Å². The molecule has 0 heterocycles. The molecule has 1 aliphatic carbocycles. The van der Waals surface area contributed by atoms with Gasteiger partial charge in [-0.2, -0.15) is 4.99 Å². The number of carbonyl (C=O) groups is 3. The van der Waals surface area contributed by atoms with Crippen molar-refractivity contribution >= 4 is 29.1 Å². The molecule has 0 radical (unpaired) electrons. The van der Waals surface area contributed by atoms with Crippen LogP contribution in [0.2, 0.25) is 0 Å². The number of amides is 2. The zero-order valence-electron chi connectivity index (χ0n) is 16.3. The topological polar surface area (TPSA) is 102 Å². The molecule has 150 valence electrons. The molecule has 0 saturated carbocycles. The van der Waals surface area contributed by atoms with Crippen LogP contribution in [0.15, 0.2) is 41.4 Å². The van der Waals surface area contributed by atoms with E-state index >= 15 is 0 Å². The molecule has 1 aliphatic rings. The molecule has 2 aromatic carbocycles. The third-order valence-electron chi connectivity index (χ3n) is 5.04. The Morgan fingerprint density at radius 1 is 1.24 bits per heavy atom. The standard InChI is InChI=1S/C22H22FN3O3/c1-3-13-4-5-14-10-16(7-9-17(14)20(13)28)26-22(29)18-8-6-15(11-19(18)23)21(24)25-12(2)27/h6-11,13H,3-5H2,1-2H3,(H,26,29)(H2,24,25,27). The minimum Gasteiger partial charge on any atom is -0.383 e. The second-order valence-electron chi connectivity index (χ2n) is 7.04. The maximum atomic E-state index is 14.4. The molecule has 3 rings (SSSR count). The molecule has 0 spiro atoms. The number of carbonyl (C=O) groups excluding carboxylic acids is 3. The van der Waals surface area contributed by atoms with E-state index in [1.54, 1.807) is 18.2 Å². The molecule has 0 aliphatic heterocycles. The fraction of sp³-hybridized carbons (Fsp3) is 0.273. The molecule has 7 heteroatoms. The lowest BCUT2D eigenvalue weighted by Crippen LogP contribution is -2.22. The van der Waals surface area contributed by atoms with Crippen molar-refractivity contribution in [3.8, 4) is 0 Å². The summed E-state index contributed by atoms with van der Waals surface area (Å²) in [6.07, 6.45) is 2.37. The van der Waals surface area contributed by atoms with Gasteiger partial charge in [-0.3, -0.25) is 14.4 Å². The number of Topliss-reactive ketones (excluding diaryl/α,β-unsaturated/α-hetero) is 1. The van der Waals surface area contributed by atoms with Gasteiger partial charge in [0.25, 0.3) is 5.91 Å². The Kier molecular flexibility index (Phi) is 5.87. The quantitative estimate of drug-likeness (QED) is 0.611. The second-order valence-corrected chi connectivity index (χ2v) is 7.04. The number of nitrogens with two attached hydrogens (primary N) is 1. The Hall–Kier alpha value is -3.35. The van der Waals surface area contributed by atoms with Crippen molar-refractivity contribution in [2.75, 3.05) is 5.32 Å². The zero-order chi connectivity index (χ0) is 21.1. The number of ketones is 1. The van der Waals surface area contributed by atoms with E-state index in [1.807, 2.05) is 6.92 Å². The number of hydrogen-bond donors (Lipinski definition) is 2. The van der Waals surface area contributed by atoms with Crippen molar-refractivity contribution in [2.45, 2.75) is 33.1 Å². The van der Waals surface area contributed by atoms with E-state index in [1.165, 1.54) is 19.1 Å². The van der Waals surface area contributed by atoms with Gasteiger partial charge in [0.1, 0.15) is 11.7 Å². The number of benzene rings is 2. The molecule has 29 heavy (non-hydrogen) atoms. The summed E-state index contributed by atoms with van der Waals surface area (Å²) in [7, 11) is 0. The second kappa shape index (κ2) is 8.34. The summed E-state index contributed by atoms with van der Waals surface area (Å²) in [5.41, 5.74) is 7.78. The van der Waals surface area contributed by atoms with E-state index < -0.39 is 17.6 Å². The van der Waals surface area contributed by atoms with Gasteiger partial charge in [0.15, 0.2) is 5.78 Å². The largest absolute Gasteiger partial charge is 0.383 e. The number of nitrogens with zero attached hydrogens (tertiary/aromatic N) is 1. The fourth-order valence-corrected chi connectivity index (χ4v) is 3.48. The summed E-state index contributed by atoms with van der Waals surface area (Å²) >= 11 is 0. The smallest absolute Gasteiger partial charge is 0.258 e. The normalized spacial score (nSPS) is 16.3. The summed E-state index contributed by atoms with van der Waals surface area (Å²) in [6, 6.07) is 8.91.